The molecule has 0 radical (unpaired) electrons. The van der Waals surface area contributed by atoms with Crippen molar-refractivity contribution < 1.29 is 22.8 Å². The molecule has 4 fully saturated rings. The van der Waals surface area contributed by atoms with E-state index in [4.69, 9.17) is 5.73 Å². The van der Waals surface area contributed by atoms with Gasteiger partial charge in [-0.25, -0.2) is 17.9 Å². The number of carbonyl (C=O) groups is 3. The summed E-state index contributed by atoms with van der Waals surface area (Å²) in [5, 5.41) is -0.618. The standard InChI is InChI=1S/C21H34N4O5S/c1-21(8-9-21)23-31(29,30)15-6-7-17-16(11-15)19(27)24(2)20(28)25(17)12-13-4-3-5-14(10-13)18(22)26/h13-17,23H,3-12H2,1-2H3,(H2,22,26). The molecule has 4 aliphatic rings. The van der Waals surface area contributed by atoms with Gasteiger partial charge in [0.15, 0.2) is 0 Å². The number of nitrogens with one attached hydrogen (secondary N) is 1. The smallest absolute Gasteiger partial charge is 0.326 e. The van der Waals surface area contributed by atoms with E-state index >= 15 is 0 Å². The van der Waals surface area contributed by atoms with Crippen LogP contribution in [0.3, 0.4) is 0 Å². The minimum absolute atomic E-state index is 0.162. The summed E-state index contributed by atoms with van der Waals surface area (Å²) in [6.07, 6.45) is 6.09. The Morgan fingerprint density at radius 1 is 1.16 bits per heavy atom. The Morgan fingerprint density at radius 3 is 2.52 bits per heavy atom. The van der Waals surface area contributed by atoms with Crippen molar-refractivity contribution in [2.75, 3.05) is 13.6 Å². The zero-order valence-electron chi connectivity index (χ0n) is 18.4. The summed E-state index contributed by atoms with van der Waals surface area (Å²) < 4.78 is 28.6. The second-order valence-corrected chi connectivity index (χ2v) is 12.2. The fraction of sp³-hybridized carbons (Fsp3) is 0.857. The van der Waals surface area contributed by atoms with Crippen molar-refractivity contribution in [3.05, 3.63) is 0 Å². The highest BCUT2D eigenvalue weighted by Gasteiger charge is 2.51. The van der Waals surface area contributed by atoms with E-state index in [1.54, 1.807) is 4.90 Å². The predicted molar refractivity (Wildman–Crippen MR) is 114 cm³/mol. The summed E-state index contributed by atoms with van der Waals surface area (Å²) in [6.45, 7) is 2.38. The van der Waals surface area contributed by atoms with E-state index in [1.807, 2.05) is 6.92 Å². The van der Waals surface area contributed by atoms with Gasteiger partial charge in [0.1, 0.15) is 0 Å². The minimum Gasteiger partial charge on any atom is -0.369 e. The fourth-order valence-electron chi connectivity index (χ4n) is 5.64. The van der Waals surface area contributed by atoms with Crippen molar-refractivity contribution in [1.29, 1.82) is 0 Å². The normalized spacial score (nSPS) is 35.6. The maximum Gasteiger partial charge on any atom is 0.326 e. The van der Waals surface area contributed by atoms with E-state index in [0.29, 0.717) is 25.8 Å². The van der Waals surface area contributed by atoms with E-state index in [-0.39, 0.29) is 47.7 Å². The van der Waals surface area contributed by atoms with E-state index in [0.717, 1.165) is 37.0 Å². The number of carbonyl (C=O) groups excluding carboxylic acids is 3. The van der Waals surface area contributed by atoms with Crippen LogP contribution < -0.4 is 10.5 Å². The molecule has 9 nitrogen and oxygen atoms in total. The first-order valence-electron chi connectivity index (χ1n) is 11.4. The lowest BCUT2D eigenvalue weighted by Crippen LogP contribution is -2.64. The topological polar surface area (TPSA) is 130 Å². The Labute approximate surface area is 184 Å². The lowest BCUT2D eigenvalue weighted by molar-refractivity contribution is -0.139. The molecule has 1 heterocycles. The van der Waals surface area contributed by atoms with Crippen LogP contribution in [0, 0.1) is 17.8 Å². The van der Waals surface area contributed by atoms with Gasteiger partial charge in [0, 0.05) is 31.1 Å². The highest BCUT2D eigenvalue weighted by Crippen LogP contribution is 2.41. The van der Waals surface area contributed by atoms with Crippen LogP contribution in [0.15, 0.2) is 0 Å². The minimum atomic E-state index is -3.52. The van der Waals surface area contributed by atoms with Gasteiger partial charge in [-0.05, 0) is 64.2 Å². The molecule has 4 amide bonds. The summed E-state index contributed by atoms with van der Waals surface area (Å²) in [5.41, 5.74) is 5.16. The van der Waals surface area contributed by atoms with Crippen LogP contribution in [0.5, 0.6) is 0 Å². The molecule has 0 aromatic heterocycles. The lowest BCUT2D eigenvalue weighted by Gasteiger charge is -2.48. The Morgan fingerprint density at radius 2 is 1.87 bits per heavy atom. The molecular weight excluding hydrogens is 420 g/mol. The molecule has 10 heteroatoms. The van der Waals surface area contributed by atoms with E-state index in [1.165, 1.54) is 7.05 Å². The van der Waals surface area contributed by atoms with Crippen LogP contribution in [0.25, 0.3) is 0 Å². The molecular formula is C21H34N4O5S. The van der Waals surface area contributed by atoms with E-state index in [9.17, 15) is 22.8 Å². The number of nitrogens with zero attached hydrogens (tertiary/aromatic N) is 2. The van der Waals surface area contributed by atoms with Crippen LogP contribution >= 0.6 is 0 Å². The van der Waals surface area contributed by atoms with Gasteiger partial charge < -0.3 is 10.6 Å². The quantitative estimate of drug-likeness (QED) is 0.622. The summed E-state index contributed by atoms with van der Waals surface area (Å²) >= 11 is 0. The fourth-order valence-corrected chi connectivity index (χ4v) is 7.60. The van der Waals surface area contributed by atoms with Crippen molar-refractivity contribution in [2.24, 2.45) is 23.5 Å². The van der Waals surface area contributed by atoms with Gasteiger partial charge in [-0.2, -0.15) is 0 Å². The molecule has 0 aromatic rings. The van der Waals surface area contributed by atoms with Gasteiger partial charge in [0.05, 0.1) is 11.2 Å². The molecule has 1 saturated heterocycles. The van der Waals surface area contributed by atoms with Crippen LogP contribution in [0.4, 0.5) is 4.79 Å². The number of rotatable bonds is 6. The molecule has 3 N–H and O–H groups in total. The summed E-state index contributed by atoms with van der Waals surface area (Å²) in [7, 11) is -2.05. The SMILES string of the molecule is CN1C(=O)C2CC(S(=O)(=O)NC3(C)CC3)CCC2N(CC2CCCC(C(N)=O)C2)C1=O. The van der Waals surface area contributed by atoms with E-state index < -0.39 is 21.2 Å². The highest BCUT2D eigenvalue weighted by atomic mass is 32.2. The summed E-state index contributed by atoms with van der Waals surface area (Å²) in [5.74, 6) is -1.09. The molecule has 0 spiro atoms. The number of imide groups is 1. The Balaban J connectivity index is 1.48. The molecule has 3 aliphatic carbocycles. The maximum absolute atomic E-state index is 13.0. The highest BCUT2D eigenvalue weighted by molar-refractivity contribution is 7.90. The molecule has 174 valence electrons. The third-order valence-electron chi connectivity index (χ3n) is 7.81. The van der Waals surface area contributed by atoms with Crippen LogP contribution in [0.2, 0.25) is 0 Å². The number of primary amides is 1. The van der Waals surface area contributed by atoms with Gasteiger partial charge in [-0.1, -0.05) is 6.42 Å². The number of amides is 4. The third kappa shape index (κ3) is 4.46. The molecule has 1 aliphatic heterocycles. The zero-order chi connectivity index (χ0) is 22.6. The predicted octanol–water partition coefficient (Wildman–Crippen LogP) is 1.18. The number of sulfonamides is 1. The van der Waals surface area contributed by atoms with Gasteiger partial charge in [0.25, 0.3) is 0 Å². The number of hydrogen-bond donors (Lipinski definition) is 2. The zero-order valence-corrected chi connectivity index (χ0v) is 19.2. The van der Waals surface area contributed by atoms with E-state index in [2.05, 4.69) is 4.72 Å². The summed E-state index contributed by atoms with van der Waals surface area (Å²) in [4.78, 5) is 40.4. The van der Waals surface area contributed by atoms with Crippen molar-refractivity contribution in [1.82, 2.24) is 14.5 Å². The molecule has 3 saturated carbocycles. The van der Waals surface area contributed by atoms with Crippen molar-refractivity contribution in [2.45, 2.75) is 81.5 Å². The third-order valence-corrected chi connectivity index (χ3v) is 9.90. The Kier molecular flexibility index (Phi) is 5.83. The largest absolute Gasteiger partial charge is 0.369 e. The van der Waals surface area contributed by atoms with Gasteiger partial charge in [0.2, 0.25) is 21.8 Å². The van der Waals surface area contributed by atoms with Crippen LogP contribution in [-0.4, -0.2) is 66.5 Å². The van der Waals surface area contributed by atoms with Crippen molar-refractivity contribution in [3.8, 4) is 0 Å². The monoisotopic (exact) mass is 454 g/mol. The Hall–Kier alpha value is -1.68. The maximum atomic E-state index is 13.0. The molecule has 0 aromatic carbocycles. The molecule has 4 rings (SSSR count). The first-order chi connectivity index (χ1) is 14.5. The average molecular weight is 455 g/mol. The van der Waals surface area contributed by atoms with Gasteiger partial charge >= 0.3 is 6.03 Å². The number of hydrogen-bond acceptors (Lipinski definition) is 5. The first-order valence-corrected chi connectivity index (χ1v) is 13.0. The second-order valence-electron chi connectivity index (χ2n) is 10.3. The lowest BCUT2D eigenvalue weighted by atomic mass is 9.78. The molecule has 0 bridgehead atoms. The van der Waals surface area contributed by atoms with Crippen molar-refractivity contribution >= 4 is 27.9 Å². The van der Waals surface area contributed by atoms with Crippen LogP contribution in [0.1, 0.15) is 64.7 Å². The van der Waals surface area contributed by atoms with Crippen molar-refractivity contribution in [3.63, 3.8) is 0 Å². The molecule has 31 heavy (non-hydrogen) atoms. The number of urea groups is 1. The first kappa shape index (κ1) is 22.5. The number of nitrogens with two attached hydrogens (primary N) is 1. The number of fused-ring (bicyclic) bond motifs is 1. The molecule has 5 unspecified atom stereocenters. The molecule has 5 atom stereocenters. The second kappa shape index (κ2) is 8.03. The summed E-state index contributed by atoms with van der Waals surface area (Å²) in [6, 6.07) is -0.606. The van der Waals surface area contributed by atoms with Gasteiger partial charge in [-0.15, -0.1) is 0 Å². The van der Waals surface area contributed by atoms with Gasteiger partial charge in [-0.3, -0.25) is 14.5 Å². The Bertz CT molecular complexity index is 871. The average Bonchev–Trinajstić information content (AvgIpc) is 3.45. The van der Waals surface area contributed by atoms with Crippen LogP contribution in [-0.2, 0) is 19.6 Å².